The SMILES string of the molecule is CCC(NC(=O)C1CCCN(C(=O)c2cccc3ccccc23)C1)c1ncc(-c2ccccc2)[nH]1. The molecule has 5 rings (SSSR count). The fraction of sp³-hybridized carbons (Fsp3) is 0.276. The lowest BCUT2D eigenvalue weighted by atomic mass is 9.95. The quantitative estimate of drug-likeness (QED) is 0.402. The third-order valence-corrected chi connectivity index (χ3v) is 6.83. The molecule has 0 radical (unpaired) electrons. The van der Waals surface area contributed by atoms with Gasteiger partial charge in [-0.05, 0) is 41.7 Å². The minimum absolute atomic E-state index is 0.00937. The van der Waals surface area contributed by atoms with Gasteiger partial charge in [-0.1, -0.05) is 73.7 Å². The minimum Gasteiger partial charge on any atom is -0.346 e. The summed E-state index contributed by atoms with van der Waals surface area (Å²) in [7, 11) is 0. The number of aromatic nitrogens is 2. The van der Waals surface area contributed by atoms with Crippen LogP contribution < -0.4 is 5.32 Å². The van der Waals surface area contributed by atoms with Crippen molar-refractivity contribution in [3.63, 3.8) is 0 Å². The molecule has 1 saturated heterocycles. The Morgan fingerprint density at radius 1 is 1.06 bits per heavy atom. The van der Waals surface area contributed by atoms with E-state index >= 15 is 0 Å². The number of amides is 2. The van der Waals surface area contributed by atoms with Crippen LogP contribution in [0, 0.1) is 5.92 Å². The number of imidazole rings is 1. The first-order chi connectivity index (χ1) is 17.1. The normalized spacial score (nSPS) is 16.7. The fourth-order valence-electron chi connectivity index (χ4n) is 4.89. The molecule has 1 aromatic heterocycles. The van der Waals surface area contributed by atoms with Crippen molar-refractivity contribution in [1.29, 1.82) is 0 Å². The summed E-state index contributed by atoms with van der Waals surface area (Å²) in [5.41, 5.74) is 2.68. The van der Waals surface area contributed by atoms with E-state index in [-0.39, 0.29) is 23.8 Å². The Bertz CT molecular complexity index is 1330. The fourth-order valence-corrected chi connectivity index (χ4v) is 4.89. The van der Waals surface area contributed by atoms with Crippen LogP contribution in [0.4, 0.5) is 0 Å². The Balaban J connectivity index is 1.27. The van der Waals surface area contributed by atoms with Gasteiger partial charge in [0.25, 0.3) is 5.91 Å². The van der Waals surface area contributed by atoms with E-state index in [1.54, 1.807) is 0 Å². The van der Waals surface area contributed by atoms with Gasteiger partial charge in [0.1, 0.15) is 5.82 Å². The van der Waals surface area contributed by atoms with E-state index in [4.69, 9.17) is 0 Å². The highest BCUT2D eigenvalue weighted by Gasteiger charge is 2.31. The molecule has 0 aliphatic carbocycles. The van der Waals surface area contributed by atoms with E-state index in [0.717, 1.165) is 47.1 Å². The molecule has 2 N–H and O–H groups in total. The number of carbonyl (C=O) groups is 2. The molecule has 0 bridgehead atoms. The zero-order valence-electron chi connectivity index (χ0n) is 19.9. The minimum atomic E-state index is -0.236. The average molecular weight is 467 g/mol. The predicted molar refractivity (Wildman–Crippen MR) is 138 cm³/mol. The number of benzene rings is 3. The first-order valence-corrected chi connectivity index (χ1v) is 12.3. The first-order valence-electron chi connectivity index (χ1n) is 12.3. The zero-order chi connectivity index (χ0) is 24.2. The molecule has 1 fully saturated rings. The number of rotatable bonds is 6. The Labute approximate surface area is 205 Å². The summed E-state index contributed by atoms with van der Waals surface area (Å²) in [6.07, 6.45) is 4.11. The molecule has 4 aromatic rings. The molecular formula is C29H30N4O2. The molecule has 178 valence electrons. The molecule has 3 aromatic carbocycles. The average Bonchev–Trinajstić information content (AvgIpc) is 3.41. The Hall–Kier alpha value is -3.93. The number of carbonyl (C=O) groups excluding carboxylic acids is 2. The molecule has 6 nitrogen and oxygen atoms in total. The van der Waals surface area contributed by atoms with Crippen LogP contribution in [0.15, 0.2) is 79.0 Å². The smallest absolute Gasteiger partial charge is 0.254 e. The van der Waals surface area contributed by atoms with E-state index in [0.29, 0.717) is 18.7 Å². The van der Waals surface area contributed by atoms with E-state index in [2.05, 4.69) is 15.3 Å². The van der Waals surface area contributed by atoms with Crippen molar-refractivity contribution in [2.24, 2.45) is 5.92 Å². The van der Waals surface area contributed by atoms with E-state index in [1.807, 2.05) is 90.8 Å². The number of aromatic amines is 1. The van der Waals surface area contributed by atoms with Gasteiger partial charge in [-0.15, -0.1) is 0 Å². The van der Waals surface area contributed by atoms with Gasteiger partial charge >= 0.3 is 0 Å². The van der Waals surface area contributed by atoms with Gasteiger partial charge in [-0.25, -0.2) is 4.98 Å². The number of hydrogen-bond donors (Lipinski definition) is 2. The Morgan fingerprint density at radius 2 is 1.83 bits per heavy atom. The van der Waals surface area contributed by atoms with Crippen molar-refractivity contribution >= 4 is 22.6 Å². The van der Waals surface area contributed by atoms with Gasteiger partial charge in [-0.2, -0.15) is 0 Å². The number of likely N-dealkylation sites (tertiary alicyclic amines) is 1. The number of H-pyrrole nitrogens is 1. The number of piperidine rings is 1. The lowest BCUT2D eigenvalue weighted by Crippen LogP contribution is -2.46. The summed E-state index contributed by atoms with van der Waals surface area (Å²) in [4.78, 5) is 36.4. The van der Waals surface area contributed by atoms with Gasteiger partial charge in [0.2, 0.25) is 5.91 Å². The molecule has 2 atom stereocenters. The zero-order valence-corrected chi connectivity index (χ0v) is 19.9. The highest BCUT2D eigenvalue weighted by atomic mass is 16.2. The maximum absolute atomic E-state index is 13.4. The molecule has 0 saturated carbocycles. The van der Waals surface area contributed by atoms with E-state index in [1.165, 1.54) is 0 Å². The maximum Gasteiger partial charge on any atom is 0.254 e. The van der Waals surface area contributed by atoms with Crippen molar-refractivity contribution in [2.75, 3.05) is 13.1 Å². The summed E-state index contributed by atoms with van der Waals surface area (Å²) in [6.45, 7) is 3.13. The third kappa shape index (κ3) is 4.83. The highest BCUT2D eigenvalue weighted by Crippen LogP contribution is 2.25. The highest BCUT2D eigenvalue weighted by molar-refractivity contribution is 6.07. The van der Waals surface area contributed by atoms with Gasteiger partial charge in [0.15, 0.2) is 0 Å². The lowest BCUT2D eigenvalue weighted by Gasteiger charge is -2.33. The summed E-state index contributed by atoms with van der Waals surface area (Å²) < 4.78 is 0. The first kappa shape index (κ1) is 22.8. The largest absolute Gasteiger partial charge is 0.346 e. The van der Waals surface area contributed by atoms with Crippen molar-refractivity contribution in [3.8, 4) is 11.3 Å². The van der Waals surface area contributed by atoms with E-state index < -0.39 is 0 Å². The molecule has 1 aliphatic heterocycles. The molecule has 2 heterocycles. The lowest BCUT2D eigenvalue weighted by molar-refractivity contribution is -0.127. The number of hydrogen-bond acceptors (Lipinski definition) is 3. The monoisotopic (exact) mass is 466 g/mol. The second-order valence-corrected chi connectivity index (χ2v) is 9.13. The van der Waals surface area contributed by atoms with Crippen LogP contribution in [0.25, 0.3) is 22.0 Å². The van der Waals surface area contributed by atoms with Gasteiger partial charge in [0.05, 0.1) is 23.9 Å². The van der Waals surface area contributed by atoms with Crippen LogP contribution in [0.3, 0.4) is 0 Å². The Morgan fingerprint density at radius 3 is 2.66 bits per heavy atom. The van der Waals surface area contributed by atoms with Crippen LogP contribution in [-0.2, 0) is 4.79 Å². The molecule has 2 unspecified atom stereocenters. The van der Waals surface area contributed by atoms with Crippen molar-refractivity contribution in [2.45, 2.75) is 32.2 Å². The molecule has 35 heavy (non-hydrogen) atoms. The molecule has 0 spiro atoms. The maximum atomic E-state index is 13.4. The van der Waals surface area contributed by atoms with Gasteiger partial charge in [-0.3, -0.25) is 9.59 Å². The van der Waals surface area contributed by atoms with Gasteiger partial charge in [0, 0.05) is 18.7 Å². The summed E-state index contributed by atoms with van der Waals surface area (Å²) in [5, 5.41) is 5.17. The molecule has 2 amide bonds. The number of nitrogens with zero attached hydrogens (tertiary/aromatic N) is 2. The van der Waals surface area contributed by atoms with Crippen LogP contribution in [-0.4, -0.2) is 39.8 Å². The van der Waals surface area contributed by atoms with Gasteiger partial charge < -0.3 is 15.2 Å². The second kappa shape index (κ2) is 10.1. The predicted octanol–water partition coefficient (Wildman–Crippen LogP) is 5.35. The second-order valence-electron chi connectivity index (χ2n) is 9.13. The standard InChI is InChI=1S/C29H30N4O2/c1-2-25(27-30-18-26(31-27)21-11-4-3-5-12-21)32-28(34)22-14-9-17-33(19-22)29(35)24-16-8-13-20-10-6-7-15-23(20)24/h3-8,10-13,15-16,18,22,25H,2,9,14,17,19H2,1H3,(H,30,31)(H,32,34). The van der Waals surface area contributed by atoms with E-state index in [9.17, 15) is 9.59 Å². The van der Waals surface area contributed by atoms with Crippen molar-refractivity contribution < 1.29 is 9.59 Å². The molecule has 6 heteroatoms. The molecule has 1 aliphatic rings. The van der Waals surface area contributed by atoms with Crippen LogP contribution >= 0.6 is 0 Å². The van der Waals surface area contributed by atoms with Crippen molar-refractivity contribution in [3.05, 3.63) is 90.4 Å². The summed E-state index contributed by atoms with van der Waals surface area (Å²) in [6, 6.07) is 23.5. The Kier molecular flexibility index (Phi) is 6.62. The molecular weight excluding hydrogens is 436 g/mol. The van der Waals surface area contributed by atoms with Crippen LogP contribution in [0.1, 0.15) is 48.4 Å². The van der Waals surface area contributed by atoms with Crippen LogP contribution in [0.2, 0.25) is 0 Å². The van der Waals surface area contributed by atoms with Crippen molar-refractivity contribution in [1.82, 2.24) is 20.2 Å². The van der Waals surface area contributed by atoms with Crippen LogP contribution in [0.5, 0.6) is 0 Å². The number of fused-ring (bicyclic) bond motifs is 1. The number of nitrogens with one attached hydrogen (secondary N) is 2. The third-order valence-electron chi connectivity index (χ3n) is 6.83. The summed E-state index contributed by atoms with van der Waals surface area (Å²) >= 11 is 0. The topological polar surface area (TPSA) is 78.1 Å². The summed E-state index contributed by atoms with van der Waals surface area (Å²) in [5.74, 6) is 0.481.